The van der Waals surface area contributed by atoms with Gasteiger partial charge >= 0.3 is 6.09 Å². The smallest absolute Gasteiger partial charge is 0.410 e. The Hall–Kier alpha value is -3.70. The molecule has 3 aromatic heterocycles. The van der Waals surface area contributed by atoms with Gasteiger partial charge in [-0.2, -0.15) is 5.10 Å². The second-order valence-electron chi connectivity index (χ2n) is 14.5. The lowest BCUT2D eigenvalue weighted by atomic mass is 9.78. The van der Waals surface area contributed by atoms with Crippen LogP contribution >= 0.6 is 11.6 Å². The molecule has 1 saturated heterocycles. The Balaban J connectivity index is 1.13. The molecule has 1 aliphatic heterocycles. The van der Waals surface area contributed by atoms with Gasteiger partial charge < -0.3 is 19.3 Å². The van der Waals surface area contributed by atoms with E-state index in [4.69, 9.17) is 26.1 Å². The molecule has 4 heterocycles. The number of amides is 2. The number of halogens is 1. The van der Waals surface area contributed by atoms with Crippen LogP contribution in [0.5, 0.6) is 5.88 Å². The molecule has 0 atom stereocenters. The first-order valence-corrected chi connectivity index (χ1v) is 18.1. The van der Waals surface area contributed by atoms with E-state index in [0.29, 0.717) is 79.9 Å². The lowest BCUT2D eigenvalue weighted by Crippen LogP contribution is -2.59. The Morgan fingerprint density at radius 3 is 2.35 bits per heavy atom. The van der Waals surface area contributed by atoms with Gasteiger partial charge in [0.1, 0.15) is 16.9 Å². The van der Waals surface area contributed by atoms with E-state index in [2.05, 4.69) is 28.8 Å². The normalized spacial score (nSPS) is 23.0. The van der Waals surface area contributed by atoms with E-state index >= 15 is 0 Å². The van der Waals surface area contributed by atoms with Crippen molar-refractivity contribution in [1.82, 2.24) is 29.5 Å². The van der Waals surface area contributed by atoms with Gasteiger partial charge in [0, 0.05) is 61.8 Å². The van der Waals surface area contributed by atoms with Crippen molar-refractivity contribution in [3.05, 3.63) is 53.6 Å². The number of pyridine rings is 2. The van der Waals surface area contributed by atoms with Gasteiger partial charge in [-0.05, 0) is 120 Å². The molecule has 11 nitrogen and oxygen atoms in total. The molecule has 3 aromatic rings. The number of hydrogen-bond donors (Lipinski definition) is 0. The molecule has 264 valence electrons. The molecule has 0 N–H and O–H groups in total. The zero-order valence-corrected chi connectivity index (χ0v) is 30.2. The van der Waals surface area contributed by atoms with Crippen LogP contribution in [0.2, 0.25) is 5.02 Å². The Bertz CT molecular complexity index is 1590. The molecule has 49 heavy (non-hydrogen) atoms. The zero-order valence-electron chi connectivity index (χ0n) is 29.4. The summed E-state index contributed by atoms with van der Waals surface area (Å²) in [5.74, 6) is 1.80. The monoisotopic (exact) mass is 691 g/mol. The number of methoxy groups -OCH3 is 1. The maximum atomic E-state index is 14.4. The number of aromatic nitrogens is 4. The van der Waals surface area contributed by atoms with Crippen LogP contribution in [0.1, 0.15) is 82.7 Å². The molecule has 0 spiro atoms. The van der Waals surface area contributed by atoms with Crippen LogP contribution in [0.15, 0.2) is 43.0 Å². The maximum absolute atomic E-state index is 14.4. The fraction of sp³-hybridized carbons (Fsp3) is 0.595. The maximum Gasteiger partial charge on any atom is 0.410 e. The lowest BCUT2D eigenvalue weighted by Gasteiger charge is -2.42. The number of anilines is 1. The first-order chi connectivity index (χ1) is 23.6. The average molecular weight is 692 g/mol. The summed E-state index contributed by atoms with van der Waals surface area (Å²) in [7, 11) is 5.64. The minimum atomic E-state index is -0.236. The molecule has 3 fully saturated rings. The molecule has 3 aliphatic rings. The first kappa shape index (κ1) is 35.1. The summed E-state index contributed by atoms with van der Waals surface area (Å²) in [6, 6.07) is 6.62. The van der Waals surface area contributed by atoms with Gasteiger partial charge in [0.05, 0.1) is 13.3 Å². The fourth-order valence-corrected chi connectivity index (χ4v) is 7.61. The van der Waals surface area contributed by atoms with Crippen molar-refractivity contribution in [3.63, 3.8) is 0 Å². The van der Waals surface area contributed by atoms with Gasteiger partial charge in [-0.1, -0.05) is 11.6 Å². The summed E-state index contributed by atoms with van der Waals surface area (Å²) < 4.78 is 13.1. The van der Waals surface area contributed by atoms with Crippen LogP contribution in [0.3, 0.4) is 0 Å². The van der Waals surface area contributed by atoms with Crippen molar-refractivity contribution in [2.45, 2.75) is 89.3 Å². The van der Waals surface area contributed by atoms with Crippen molar-refractivity contribution in [2.75, 3.05) is 45.7 Å². The third-order valence-electron chi connectivity index (χ3n) is 10.7. The van der Waals surface area contributed by atoms with Crippen LogP contribution in [0, 0.1) is 11.8 Å². The van der Waals surface area contributed by atoms with E-state index < -0.39 is 0 Å². The van der Waals surface area contributed by atoms with Gasteiger partial charge in [-0.15, -0.1) is 0 Å². The van der Waals surface area contributed by atoms with Crippen molar-refractivity contribution in [3.8, 4) is 17.0 Å². The molecular formula is C37H50ClN7O4. The highest BCUT2D eigenvalue weighted by atomic mass is 35.5. The quantitative estimate of drug-likeness (QED) is 0.228. The zero-order chi connectivity index (χ0) is 34.7. The average Bonchev–Trinajstić information content (AvgIpc) is 3.58. The highest BCUT2D eigenvalue weighted by molar-refractivity contribution is 6.31. The Morgan fingerprint density at radius 1 is 0.980 bits per heavy atom. The van der Waals surface area contributed by atoms with Crippen LogP contribution in [0.25, 0.3) is 11.1 Å². The van der Waals surface area contributed by atoms with Crippen LogP contribution in [0.4, 0.5) is 10.6 Å². The van der Waals surface area contributed by atoms with Crippen molar-refractivity contribution < 1.29 is 19.1 Å². The molecule has 0 bridgehead atoms. The summed E-state index contributed by atoms with van der Waals surface area (Å²) in [6.45, 7) is 6.22. The summed E-state index contributed by atoms with van der Waals surface area (Å²) in [4.78, 5) is 42.1. The van der Waals surface area contributed by atoms with Crippen LogP contribution in [-0.2, 0) is 9.53 Å². The van der Waals surface area contributed by atoms with Crippen LogP contribution < -0.4 is 9.64 Å². The predicted octanol–water partition coefficient (Wildman–Crippen LogP) is 6.83. The van der Waals surface area contributed by atoms with Gasteiger partial charge in [-0.3, -0.25) is 14.4 Å². The molecule has 2 saturated carbocycles. The number of likely N-dealkylation sites (N-methyl/N-ethyl adjacent to an activating group) is 1. The first-order valence-electron chi connectivity index (χ1n) is 17.7. The van der Waals surface area contributed by atoms with Gasteiger partial charge in [0.25, 0.3) is 0 Å². The summed E-state index contributed by atoms with van der Waals surface area (Å²) in [5.41, 5.74) is 3.12. The fourth-order valence-electron chi connectivity index (χ4n) is 7.36. The second kappa shape index (κ2) is 15.5. The number of rotatable bonds is 10. The highest BCUT2D eigenvalue weighted by Gasteiger charge is 2.37. The van der Waals surface area contributed by atoms with E-state index in [1.54, 1.807) is 18.2 Å². The molecule has 12 heteroatoms. The third kappa shape index (κ3) is 8.20. The standard InChI is InChI=1S/C37H50ClN7O4/c1-24(2)45-21-30(19-41-45)28-14-15-39-34(17-28)44(20-25-6-8-26(9-7-25)29-16-33(38)35(48-5)40-18-29)36(46)27-10-12-32(13-11-27)49-37(47)43-22-31(23-43)42(3)4/h14-19,21,24-27,31-32H,6-13,20,22-23H2,1-5H3/t25-,26-,27-,32-. The molecule has 2 aliphatic carbocycles. The minimum absolute atomic E-state index is 0.108. The highest BCUT2D eigenvalue weighted by Crippen LogP contribution is 2.39. The molecule has 2 amide bonds. The number of carbonyl (C=O) groups excluding carboxylic acids is 2. The van der Waals surface area contributed by atoms with Gasteiger partial charge in [0.15, 0.2) is 0 Å². The SMILES string of the molecule is COc1ncc([C@H]2CC[C@H](CN(c3cc(-c4cnn(C(C)C)c4)ccn3)C(=O)[C@H]3CC[C@H](OC(=O)N4CC(N(C)C)C4)CC3)CC2)cc1Cl. The molecule has 0 unspecified atom stereocenters. The minimum Gasteiger partial charge on any atom is -0.480 e. The Morgan fingerprint density at radius 2 is 1.71 bits per heavy atom. The number of ether oxygens (including phenoxy) is 2. The number of carbonyl (C=O) groups is 2. The molecule has 0 aromatic carbocycles. The number of nitrogens with zero attached hydrogens (tertiary/aromatic N) is 7. The van der Waals surface area contributed by atoms with E-state index in [9.17, 15) is 9.59 Å². The van der Waals surface area contributed by atoms with Gasteiger partial charge in [-0.25, -0.2) is 14.8 Å². The second-order valence-corrected chi connectivity index (χ2v) is 14.9. The lowest BCUT2D eigenvalue weighted by molar-refractivity contribution is -0.124. The van der Waals surface area contributed by atoms with Gasteiger partial charge in [0.2, 0.25) is 11.8 Å². The van der Waals surface area contributed by atoms with E-state index in [1.165, 1.54) is 0 Å². The van der Waals surface area contributed by atoms with E-state index in [-0.39, 0.29) is 30.1 Å². The number of likely N-dealkylation sites (tertiary alicyclic amines) is 1. The predicted molar refractivity (Wildman–Crippen MR) is 190 cm³/mol. The van der Waals surface area contributed by atoms with E-state index in [1.807, 2.05) is 60.5 Å². The Kier molecular flexibility index (Phi) is 11.1. The molecule has 6 rings (SSSR count). The van der Waals surface area contributed by atoms with E-state index in [0.717, 1.165) is 42.4 Å². The molecular weight excluding hydrogens is 642 g/mol. The summed E-state index contributed by atoms with van der Waals surface area (Å²) in [6.07, 6.45) is 13.9. The summed E-state index contributed by atoms with van der Waals surface area (Å²) >= 11 is 6.40. The number of hydrogen-bond acceptors (Lipinski definition) is 8. The topological polar surface area (TPSA) is 106 Å². The molecule has 0 radical (unpaired) electrons. The van der Waals surface area contributed by atoms with Crippen molar-refractivity contribution in [2.24, 2.45) is 11.8 Å². The van der Waals surface area contributed by atoms with Crippen LogP contribution in [-0.4, -0.2) is 94.5 Å². The Labute approximate surface area is 294 Å². The largest absolute Gasteiger partial charge is 0.480 e. The third-order valence-corrected chi connectivity index (χ3v) is 10.9. The summed E-state index contributed by atoms with van der Waals surface area (Å²) in [5, 5.41) is 5.06. The van der Waals surface area contributed by atoms with Crippen molar-refractivity contribution in [1.29, 1.82) is 0 Å². The van der Waals surface area contributed by atoms with Crippen molar-refractivity contribution >= 4 is 29.4 Å².